The number of morpholine rings is 1. The van der Waals surface area contributed by atoms with Gasteiger partial charge in [0, 0.05) is 51.0 Å². The number of fused-ring (bicyclic) bond motifs is 1. The van der Waals surface area contributed by atoms with Crippen molar-refractivity contribution >= 4 is 18.1 Å². The molecule has 0 bridgehead atoms. The van der Waals surface area contributed by atoms with Crippen LogP contribution in [-0.4, -0.2) is 61.8 Å². The van der Waals surface area contributed by atoms with Crippen LogP contribution in [-0.2, 0) is 17.7 Å². The number of nitrogens with one attached hydrogen (secondary N) is 1. The van der Waals surface area contributed by atoms with E-state index in [1.54, 1.807) is 0 Å². The van der Waals surface area contributed by atoms with E-state index in [9.17, 15) is 0 Å². The highest BCUT2D eigenvalue weighted by molar-refractivity contribution is 5.85. The summed E-state index contributed by atoms with van der Waals surface area (Å²) in [7, 11) is 0. The van der Waals surface area contributed by atoms with E-state index in [0.29, 0.717) is 6.04 Å². The molecule has 134 valence electrons. The maximum atomic E-state index is 5.54. The van der Waals surface area contributed by atoms with Gasteiger partial charge in [0.05, 0.1) is 13.2 Å². The summed E-state index contributed by atoms with van der Waals surface area (Å²) in [6.45, 7) is 11.0. The lowest BCUT2D eigenvalue weighted by molar-refractivity contribution is 0.0101. The second kappa shape index (κ2) is 8.05. The first-order valence-electron chi connectivity index (χ1n) is 9.24. The van der Waals surface area contributed by atoms with Crippen molar-refractivity contribution in [3.05, 3.63) is 29.3 Å². The van der Waals surface area contributed by atoms with Gasteiger partial charge in [0.15, 0.2) is 0 Å². The summed E-state index contributed by atoms with van der Waals surface area (Å²) in [5.74, 6) is 0.804. The number of anilines is 1. The van der Waals surface area contributed by atoms with E-state index in [4.69, 9.17) is 4.74 Å². The van der Waals surface area contributed by atoms with Gasteiger partial charge in [-0.2, -0.15) is 0 Å². The molecule has 0 saturated carbocycles. The van der Waals surface area contributed by atoms with Crippen molar-refractivity contribution in [2.24, 2.45) is 5.92 Å². The summed E-state index contributed by atoms with van der Waals surface area (Å²) in [6, 6.07) is 7.52. The Kier molecular flexibility index (Phi) is 6.03. The second-order valence-corrected chi connectivity index (χ2v) is 7.21. The van der Waals surface area contributed by atoms with Crippen molar-refractivity contribution in [3.8, 4) is 0 Å². The minimum absolute atomic E-state index is 0. The molecule has 3 aliphatic heterocycles. The van der Waals surface area contributed by atoms with Gasteiger partial charge in [-0.25, -0.2) is 0 Å². The van der Waals surface area contributed by atoms with E-state index in [1.165, 1.54) is 42.7 Å². The maximum absolute atomic E-state index is 5.54. The topological polar surface area (TPSA) is 27.7 Å². The van der Waals surface area contributed by atoms with Gasteiger partial charge >= 0.3 is 0 Å². The summed E-state index contributed by atoms with van der Waals surface area (Å²) in [6.07, 6.45) is 2.46. The third-order valence-corrected chi connectivity index (χ3v) is 5.85. The van der Waals surface area contributed by atoms with E-state index in [-0.39, 0.29) is 12.4 Å². The average molecular weight is 352 g/mol. The van der Waals surface area contributed by atoms with Crippen LogP contribution in [0.25, 0.3) is 0 Å². The Bertz CT molecular complexity index is 547. The van der Waals surface area contributed by atoms with Crippen molar-refractivity contribution in [2.45, 2.75) is 32.4 Å². The zero-order valence-corrected chi connectivity index (χ0v) is 15.5. The molecule has 2 fully saturated rings. The van der Waals surface area contributed by atoms with Crippen LogP contribution < -0.4 is 5.32 Å². The monoisotopic (exact) mass is 351 g/mol. The van der Waals surface area contributed by atoms with Gasteiger partial charge in [0.25, 0.3) is 0 Å². The number of ether oxygens (including phenoxy) is 1. The Balaban J connectivity index is 0.00000169. The highest BCUT2D eigenvalue weighted by atomic mass is 35.5. The Morgan fingerprint density at radius 3 is 2.83 bits per heavy atom. The number of benzene rings is 1. The molecule has 0 amide bonds. The predicted octanol–water partition coefficient (Wildman–Crippen LogP) is 2.62. The third-order valence-electron chi connectivity index (χ3n) is 5.85. The summed E-state index contributed by atoms with van der Waals surface area (Å²) in [5, 5.41) is 3.59. The smallest absolute Gasteiger partial charge is 0.0594 e. The zero-order chi connectivity index (χ0) is 15.6. The molecule has 2 saturated heterocycles. The molecule has 24 heavy (non-hydrogen) atoms. The van der Waals surface area contributed by atoms with Crippen molar-refractivity contribution in [3.63, 3.8) is 0 Å². The van der Waals surface area contributed by atoms with Crippen molar-refractivity contribution in [1.82, 2.24) is 9.80 Å². The van der Waals surface area contributed by atoms with E-state index >= 15 is 0 Å². The minimum Gasteiger partial charge on any atom is -0.384 e. The Morgan fingerprint density at radius 2 is 2.04 bits per heavy atom. The molecule has 3 aliphatic rings. The lowest BCUT2D eigenvalue weighted by Crippen LogP contribution is -2.47. The molecule has 2 atom stereocenters. The SMILES string of the molecule is CCC1CN(Cc2cccc3c2NCC3)CC1N1CCOCC1.Cl. The van der Waals surface area contributed by atoms with Crippen LogP contribution in [0.5, 0.6) is 0 Å². The summed E-state index contributed by atoms with van der Waals surface area (Å²) in [4.78, 5) is 5.34. The summed E-state index contributed by atoms with van der Waals surface area (Å²) < 4.78 is 5.54. The fourth-order valence-corrected chi connectivity index (χ4v) is 4.58. The molecule has 0 aromatic heterocycles. The number of para-hydroxylation sites is 1. The van der Waals surface area contributed by atoms with E-state index in [2.05, 4.69) is 40.2 Å². The van der Waals surface area contributed by atoms with Gasteiger partial charge in [0.1, 0.15) is 0 Å². The molecule has 1 aromatic rings. The predicted molar refractivity (Wildman–Crippen MR) is 101 cm³/mol. The van der Waals surface area contributed by atoms with Crippen molar-refractivity contribution in [1.29, 1.82) is 0 Å². The molecule has 4 rings (SSSR count). The molecule has 3 heterocycles. The van der Waals surface area contributed by atoms with Crippen LogP contribution in [0.3, 0.4) is 0 Å². The second-order valence-electron chi connectivity index (χ2n) is 7.21. The first kappa shape index (κ1) is 18.0. The fourth-order valence-electron chi connectivity index (χ4n) is 4.58. The van der Waals surface area contributed by atoms with Gasteiger partial charge in [0.2, 0.25) is 0 Å². The quantitative estimate of drug-likeness (QED) is 0.902. The zero-order valence-electron chi connectivity index (χ0n) is 14.7. The maximum Gasteiger partial charge on any atom is 0.0594 e. The summed E-state index contributed by atoms with van der Waals surface area (Å²) >= 11 is 0. The van der Waals surface area contributed by atoms with Gasteiger partial charge < -0.3 is 10.1 Å². The number of hydrogen-bond donors (Lipinski definition) is 1. The Labute approximate surface area is 151 Å². The van der Waals surface area contributed by atoms with E-state index in [1.807, 2.05) is 0 Å². The normalized spacial score (nSPS) is 27.5. The van der Waals surface area contributed by atoms with E-state index in [0.717, 1.165) is 45.3 Å². The Hall–Kier alpha value is -0.810. The molecule has 0 spiro atoms. The fraction of sp³-hybridized carbons (Fsp3) is 0.684. The largest absolute Gasteiger partial charge is 0.384 e. The van der Waals surface area contributed by atoms with Gasteiger partial charge in [-0.1, -0.05) is 31.5 Å². The summed E-state index contributed by atoms with van der Waals surface area (Å²) in [5.41, 5.74) is 4.39. The lowest BCUT2D eigenvalue weighted by atomic mass is 9.99. The molecule has 1 N–H and O–H groups in total. The number of likely N-dealkylation sites (tertiary alicyclic amines) is 1. The van der Waals surface area contributed by atoms with Gasteiger partial charge in [-0.15, -0.1) is 12.4 Å². The molecule has 0 aliphatic carbocycles. The highest BCUT2D eigenvalue weighted by Gasteiger charge is 2.36. The van der Waals surface area contributed by atoms with Crippen LogP contribution in [0.15, 0.2) is 18.2 Å². The number of halogens is 1. The first-order chi connectivity index (χ1) is 11.3. The van der Waals surface area contributed by atoms with Crippen LogP contribution >= 0.6 is 12.4 Å². The molecule has 0 radical (unpaired) electrons. The van der Waals surface area contributed by atoms with Crippen LogP contribution in [0.4, 0.5) is 5.69 Å². The highest BCUT2D eigenvalue weighted by Crippen LogP contribution is 2.31. The molecule has 5 heteroatoms. The van der Waals surface area contributed by atoms with Crippen LogP contribution in [0.1, 0.15) is 24.5 Å². The Morgan fingerprint density at radius 1 is 1.21 bits per heavy atom. The van der Waals surface area contributed by atoms with Crippen LogP contribution in [0.2, 0.25) is 0 Å². The van der Waals surface area contributed by atoms with Crippen molar-refractivity contribution < 1.29 is 4.74 Å². The van der Waals surface area contributed by atoms with E-state index < -0.39 is 0 Å². The standard InChI is InChI=1S/C19H29N3O.ClH/c1-2-15-12-21(14-18(15)22-8-10-23-11-9-22)13-17-5-3-4-16-6-7-20-19(16)17;/h3-5,15,18,20H,2,6-14H2,1H3;1H. The first-order valence-corrected chi connectivity index (χ1v) is 9.24. The van der Waals surface area contributed by atoms with Gasteiger partial charge in [-0.3, -0.25) is 9.80 Å². The molecular formula is C19H30ClN3O. The number of rotatable bonds is 4. The minimum atomic E-state index is 0. The molecule has 1 aromatic carbocycles. The van der Waals surface area contributed by atoms with Gasteiger partial charge in [-0.05, 0) is 23.5 Å². The molecule has 4 nitrogen and oxygen atoms in total. The van der Waals surface area contributed by atoms with Crippen molar-refractivity contribution in [2.75, 3.05) is 51.3 Å². The van der Waals surface area contributed by atoms with Crippen LogP contribution in [0, 0.1) is 5.92 Å². The molecular weight excluding hydrogens is 322 g/mol. The number of hydrogen-bond acceptors (Lipinski definition) is 4. The average Bonchev–Trinajstić information content (AvgIpc) is 3.22. The third kappa shape index (κ3) is 3.57. The molecule has 2 unspecified atom stereocenters. The lowest BCUT2D eigenvalue weighted by Gasteiger charge is -2.34. The number of nitrogens with zero attached hydrogens (tertiary/aromatic N) is 2.